The van der Waals surface area contributed by atoms with Crippen LogP contribution >= 0.6 is 0 Å². The first-order valence-electron chi connectivity index (χ1n) is 12.6. The van der Waals surface area contributed by atoms with Gasteiger partial charge in [0, 0.05) is 22.5 Å². The van der Waals surface area contributed by atoms with Crippen molar-refractivity contribution in [2.24, 2.45) is 11.8 Å². The fraction of sp³-hybridized carbons (Fsp3) is 0.219. The molecule has 3 atom stereocenters. The number of hydrogen-bond donors (Lipinski definition) is 0. The Bertz CT molecular complexity index is 1610. The molecule has 4 nitrogen and oxygen atoms in total. The molecule has 0 saturated carbocycles. The molecule has 0 N–H and O–H groups in total. The van der Waals surface area contributed by atoms with Crippen LogP contribution in [0, 0.1) is 29.0 Å². The summed E-state index contributed by atoms with van der Waals surface area (Å²) in [5.41, 5.74) is 6.18. The molecule has 1 aromatic heterocycles. The third kappa shape index (κ3) is 3.64. The molecule has 5 heteroatoms. The van der Waals surface area contributed by atoms with E-state index in [-0.39, 0.29) is 29.0 Å². The van der Waals surface area contributed by atoms with Crippen molar-refractivity contribution in [2.45, 2.75) is 32.1 Å². The highest BCUT2D eigenvalue weighted by atomic mass is 19.1. The van der Waals surface area contributed by atoms with E-state index in [1.165, 1.54) is 6.07 Å². The van der Waals surface area contributed by atoms with E-state index in [4.69, 9.17) is 5.10 Å². The molecule has 2 aliphatic carbocycles. The van der Waals surface area contributed by atoms with Crippen LogP contribution in [0.15, 0.2) is 90.5 Å². The summed E-state index contributed by atoms with van der Waals surface area (Å²) in [7, 11) is 0. The molecule has 0 bridgehead atoms. The molecule has 1 heterocycles. The number of carbonyl (C=O) groups excluding carboxylic acids is 1. The van der Waals surface area contributed by atoms with Crippen molar-refractivity contribution in [2.75, 3.05) is 0 Å². The van der Waals surface area contributed by atoms with Gasteiger partial charge in [-0.1, -0.05) is 74.5 Å². The smallest absolute Gasteiger partial charge is 0.176 e. The van der Waals surface area contributed by atoms with Crippen LogP contribution in [0.2, 0.25) is 0 Å². The summed E-state index contributed by atoms with van der Waals surface area (Å²) in [5.74, 6) is -0.611. The van der Waals surface area contributed by atoms with Crippen molar-refractivity contribution < 1.29 is 9.18 Å². The topological polar surface area (TPSA) is 58.7 Å². The summed E-state index contributed by atoms with van der Waals surface area (Å²) < 4.78 is 16.4. The Morgan fingerprint density at radius 2 is 1.73 bits per heavy atom. The Hall–Kier alpha value is -4.30. The van der Waals surface area contributed by atoms with Crippen molar-refractivity contribution >= 4 is 5.78 Å². The first kappa shape index (κ1) is 23.1. The minimum atomic E-state index is -0.573. The maximum atomic E-state index is 14.4. The fourth-order valence-corrected chi connectivity index (χ4v) is 6.29. The Morgan fingerprint density at radius 3 is 2.49 bits per heavy atom. The van der Waals surface area contributed by atoms with Gasteiger partial charge in [0.2, 0.25) is 0 Å². The predicted molar refractivity (Wildman–Crippen MR) is 141 cm³/mol. The SMILES string of the molecule is C[C@H]1C(=O)C(C#N)=C[C@@]2(C)c3nn(-c4cccc(-c5ccccc5)c4)c(-c4cccc(F)c4)c3CC[C@H]12. The molecular weight excluding hydrogens is 461 g/mol. The van der Waals surface area contributed by atoms with E-state index in [9.17, 15) is 14.4 Å². The summed E-state index contributed by atoms with van der Waals surface area (Å²) >= 11 is 0. The van der Waals surface area contributed by atoms with Crippen LogP contribution < -0.4 is 0 Å². The van der Waals surface area contributed by atoms with Gasteiger partial charge in [-0.05, 0) is 54.2 Å². The highest BCUT2D eigenvalue weighted by molar-refractivity contribution is 6.02. The van der Waals surface area contributed by atoms with Crippen LogP contribution in [-0.2, 0) is 16.6 Å². The monoisotopic (exact) mass is 487 g/mol. The summed E-state index contributed by atoms with van der Waals surface area (Å²) in [5, 5.41) is 14.9. The summed E-state index contributed by atoms with van der Waals surface area (Å²) in [6.07, 6.45) is 3.35. The zero-order valence-electron chi connectivity index (χ0n) is 20.8. The van der Waals surface area contributed by atoms with Gasteiger partial charge in [0.15, 0.2) is 5.78 Å². The van der Waals surface area contributed by atoms with E-state index in [1.54, 1.807) is 12.1 Å². The number of hydrogen-bond acceptors (Lipinski definition) is 3. The molecular formula is C32H26FN3O. The number of aromatic nitrogens is 2. The lowest BCUT2D eigenvalue weighted by molar-refractivity contribution is -0.121. The van der Waals surface area contributed by atoms with E-state index in [0.717, 1.165) is 52.2 Å². The van der Waals surface area contributed by atoms with Gasteiger partial charge in [-0.15, -0.1) is 0 Å². The van der Waals surface area contributed by atoms with E-state index >= 15 is 0 Å². The number of rotatable bonds is 3. The molecule has 2 aliphatic rings. The standard InChI is InChI=1S/C32H26FN3O/c1-20-28-15-14-27-29(23-11-6-12-25(33)16-23)36(35-31(27)32(28,2)18-24(19-34)30(20)37)26-13-7-10-22(17-26)21-8-4-3-5-9-21/h3-13,16-18,20,28H,14-15H2,1-2H3/t20-,28-,32-/m1/s1. The van der Waals surface area contributed by atoms with Crippen LogP contribution in [0.25, 0.3) is 28.1 Å². The molecule has 0 fully saturated rings. The van der Waals surface area contributed by atoms with Crippen molar-refractivity contribution in [3.63, 3.8) is 0 Å². The third-order valence-corrected chi connectivity index (χ3v) is 8.11. The van der Waals surface area contributed by atoms with Crippen LogP contribution in [0.4, 0.5) is 4.39 Å². The molecule has 6 rings (SSSR count). The lowest BCUT2D eigenvalue weighted by atomic mass is 9.58. The van der Waals surface area contributed by atoms with Crippen LogP contribution in [0.3, 0.4) is 0 Å². The zero-order chi connectivity index (χ0) is 25.7. The lowest BCUT2D eigenvalue weighted by Gasteiger charge is -2.44. The summed E-state index contributed by atoms with van der Waals surface area (Å²) in [6, 6.07) is 27.1. The first-order valence-corrected chi connectivity index (χ1v) is 12.6. The van der Waals surface area contributed by atoms with Gasteiger partial charge in [0.25, 0.3) is 0 Å². The van der Waals surface area contributed by atoms with Gasteiger partial charge in [0.1, 0.15) is 11.9 Å². The Morgan fingerprint density at radius 1 is 1.00 bits per heavy atom. The normalized spacial score (nSPS) is 22.5. The Kier molecular flexibility index (Phi) is 5.42. The average molecular weight is 488 g/mol. The molecule has 0 amide bonds. The van der Waals surface area contributed by atoms with Crippen LogP contribution in [0.5, 0.6) is 0 Å². The highest BCUT2D eigenvalue weighted by Gasteiger charge is 2.50. The van der Waals surface area contributed by atoms with Gasteiger partial charge in [-0.25, -0.2) is 9.07 Å². The quantitative estimate of drug-likeness (QED) is 0.318. The third-order valence-electron chi connectivity index (χ3n) is 8.11. The Balaban J connectivity index is 1.61. The van der Waals surface area contributed by atoms with E-state index in [0.29, 0.717) is 0 Å². The molecule has 3 aromatic carbocycles. The minimum absolute atomic E-state index is 0.0453. The van der Waals surface area contributed by atoms with Crippen molar-refractivity contribution in [1.29, 1.82) is 5.26 Å². The molecule has 182 valence electrons. The number of benzene rings is 3. The number of halogens is 1. The number of nitriles is 1. The number of allylic oxidation sites excluding steroid dienone is 2. The molecule has 0 unspecified atom stereocenters. The predicted octanol–water partition coefficient (Wildman–Crippen LogP) is 6.83. The molecule has 0 spiro atoms. The zero-order valence-corrected chi connectivity index (χ0v) is 20.8. The molecule has 0 saturated heterocycles. The van der Waals surface area contributed by atoms with Crippen molar-refractivity contribution in [1.82, 2.24) is 9.78 Å². The molecule has 37 heavy (non-hydrogen) atoms. The number of fused-ring (bicyclic) bond motifs is 3. The minimum Gasteiger partial charge on any atom is -0.293 e. The van der Waals surface area contributed by atoms with Crippen molar-refractivity contribution in [3.05, 3.63) is 108 Å². The van der Waals surface area contributed by atoms with Gasteiger partial charge >= 0.3 is 0 Å². The molecule has 4 aromatic rings. The summed E-state index contributed by atoms with van der Waals surface area (Å²) in [4.78, 5) is 12.8. The number of carbonyl (C=O) groups is 1. The molecule has 0 aliphatic heterocycles. The van der Waals surface area contributed by atoms with E-state index < -0.39 is 5.41 Å². The first-order chi connectivity index (χ1) is 17.9. The number of nitrogens with zero attached hydrogens (tertiary/aromatic N) is 3. The Labute approximate surface area is 215 Å². The molecule has 0 radical (unpaired) electrons. The van der Waals surface area contributed by atoms with E-state index in [2.05, 4.69) is 37.3 Å². The average Bonchev–Trinajstić information content (AvgIpc) is 3.32. The van der Waals surface area contributed by atoms with E-state index in [1.807, 2.05) is 54.1 Å². The van der Waals surface area contributed by atoms with Crippen molar-refractivity contribution in [3.8, 4) is 34.1 Å². The maximum Gasteiger partial charge on any atom is 0.176 e. The van der Waals surface area contributed by atoms with Gasteiger partial charge in [-0.2, -0.15) is 10.4 Å². The number of Topliss-reactive ketones (excluding diaryl/α,β-unsaturated/α-hetero) is 1. The van der Waals surface area contributed by atoms with Gasteiger partial charge in [0.05, 0.1) is 22.6 Å². The van der Waals surface area contributed by atoms with Crippen LogP contribution in [0.1, 0.15) is 31.5 Å². The largest absolute Gasteiger partial charge is 0.293 e. The van der Waals surface area contributed by atoms with Gasteiger partial charge < -0.3 is 0 Å². The highest BCUT2D eigenvalue weighted by Crippen LogP contribution is 2.51. The van der Waals surface area contributed by atoms with Crippen LogP contribution in [-0.4, -0.2) is 15.6 Å². The lowest BCUT2D eigenvalue weighted by Crippen LogP contribution is -2.45. The second kappa shape index (κ2) is 8.67. The van der Waals surface area contributed by atoms with Gasteiger partial charge in [-0.3, -0.25) is 4.79 Å². The second-order valence-corrected chi connectivity index (χ2v) is 10.3. The second-order valence-electron chi connectivity index (χ2n) is 10.3. The maximum absolute atomic E-state index is 14.4. The summed E-state index contributed by atoms with van der Waals surface area (Å²) in [6.45, 7) is 4.01. The fourth-order valence-electron chi connectivity index (χ4n) is 6.29. The number of ketones is 1.